The van der Waals surface area contributed by atoms with Crippen molar-refractivity contribution < 1.29 is 14.3 Å². The van der Waals surface area contributed by atoms with Crippen LogP contribution in [0.3, 0.4) is 0 Å². The van der Waals surface area contributed by atoms with Crippen molar-refractivity contribution in [3.05, 3.63) is 24.3 Å². The Morgan fingerprint density at radius 3 is 2.48 bits per heavy atom. The predicted octanol–water partition coefficient (Wildman–Crippen LogP) is 1.38. The summed E-state index contributed by atoms with van der Waals surface area (Å²) in [5.41, 5.74) is 7.14. The zero-order valence-electron chi connectivity index (χ0n) is 12.1. The molecular weight excluding hydrogens is 270 g/mol. The van der Waals surface area contributed by atoms with E-state index in [9.17, 15) is 9.59 Å². The molecule has 0 aliphatic heterocycles. The topological polar surface area (TPSA) is 107 Å². The largest absolute Gasteiger partial charge is 0.449 e. The van der Waals surface area contributed by atoms with E-state index in [0.29, 0.717) is 12.5 Å². The van der Waals surface area contributed by atoms with Crippen molar-refractivity contribution in [2.75, 3.05) is 6.61 Å². The van der Waals surface area contributed by atoms with E-state index in [1.54, 1.807) is 0 Å². The lowest BCUT2D eigenvalue weighted by molar-refractivity contribution is -0.126. The second-order valence-corrected chi connectivity index (χ2v) is 5.89. The zero-order valence-corrected chi connectivity index (χ0v) is 12.1. The summed E-state index contributed by atoms with van der Waals surface area (Å²) in [6.07, 6.45) is 11.7. The summed E-state index contributed by atoms with van der Waals surface area (Å²) in [5.74, 6) is 5.47. The van der Waals surface area contributed by atoms with Crippen LogP contribution < -0.4 is 17.0 Å². The van der Waals surface area contributed by atoms with E-state index in [0.717, 1.165) is 32.1 Å². The highest BCUT2D eigenvalue weighted by molar-refractivity contribution is 5.78. The van der Waals surface area contributed by atoms with E-state index in [1.807, 2.05) is 12.2 Å². The molecule has 0 aromatic heterocycles. The average Bonchev–Trinajstić information content (AvgIpc) is 2.53. The van der Waals surface area contributed by atoms with Crippen LogP contribution in [0.5, 0.6) is 0 Å². The zero-order chi connectivity index (χ0) is 15.3. The van der Waals surface area contributed by atoms with E-state index < -0.39 is 6.09 Å². The van der Waals surface area contributed by atoms with Crippen LogP contribution in [-0.2, 0) is 9.53 Å². The first-order chi connectivity index (χ1) is 10.1. The highest BCUT2D eigenvalue weighted by Crippen LogP contribution is 2.45. The summed E-state index contributed by atoms with van der Waals surface area (Å²) < 4.78 is 5.09. The van der Waals surface area contributed by atoms with Gasteiger partial charge in [0.25, 0.3) is 0 Å². The maximum Gasteiger partial charge on any atom is 0.404 e. The van der Waals surface area contributed by atoms with Crippen molar-refractivity contribution in [2.45, 2.75) is 32.1 Å². The molecule has 5 N–H and O–H groups in total. The van der Waals surface area contributed by atoms with Crippen LogP contribution in [0.15, 0.2) is 24.3 Å². The number of hydrogen-bond donors (Lipinski definition) is 3. The van der Waals surface area contributed by atoms with Gasteiger partial charge in [0.2, 0.25) is 5.91 Å². The summed E-state index contributed by atoms with van der Waals surface area (Å²) in [5, 5.41) is 0. The number of ether oxygens (including phenoxy) is 1. The second kappa shape index (κ2) is 6.76. The number of hydrazine groups is 1. The summed E-state index contributed by atoms with van der Waals surface area (Å²) >= 11 is 0. The monoisotopic (exact) mass is 293 g/mol. The number of primary amides is 1. The Morgan fingerprint density at radius 1 is 1.24 bits per heavy atom. The molecule has 1 atom stereocenters. The fourth-order valence-corrected chi connectivity index (χ4v) is 3.46. The molecule has 0 bridgehead atoms. The molecule has 0 aromatic carbocycles. The van der Waals surface area contributed by atoms with Gasteiger partial charge in [-0.25, -0.2) is 10.6 Å². The Balaban J connectivity index is 2.02. The summed E-state index contributed by atoms with van der Waals surface area (Å²) in [4.78, 5) is 22.5. The number of carbonyl (C=O) groups is 2. The SMILES string of the molecule is NNC(=O)[C@H]1CC[C@H](C2(COC(N)=O)C=CC=CC2)CC1. The molecule has 116 valence electrons. The highest BCUT2D eigenvalue weighted by Gasteiger charge is 2.40. The van der Waals surface area contributed by atoms with E-state index >= 15 is 0 Å². The molecule has 0 heterocycles. The standard InChI is InChI=1S/C15H23N3O3/c16-14(20)21-10-15(8-2-1-3-9-15)12-6-4-11(5-7-12)13(19)18-17/h1-3,8,11-12H,4-7,9-10,17H2,(H2,16,20)(H,18,19)/t11-,12-,15?. The lowest BCUT2D eigenvalue weighted by Crippen LogP contribution is -2.41. The van der Waals surface area contributed by atoms with Gasteiger partial charge in [-0.2, -0.15) is 0 Å². The normalized spacial score (nSPS) is 31.7. The van der Waals surface area contributed by atoms with Crippen molar-refractivity contribution in [2.24, 2.45) is 28.8 Å². The molecule has 1 fully saturated rings. The minimum absolute atomic E-state index is 0.0107. The molecule has 0 aromatic rings. The average molecular weight is 293 g/mol. The minimum atomic E-state index is -0.742. The van der Waals surface area contributed by atoms with Crippen LogP contribution in [0.1, 0.15) is 32.1 Å². The van der Waals surface area contributed by atoms with Crippen LogP contribution in [0.4, 0.5) is 4.79 Å². The van der Waals surface area contributed by atoms with Gasteiger partial charge in [0.1, 0.15) is 6.61 Å². The van der Waals surface area contributed by atoms with Gasteiger partial charge in [-0.05, 0) is 38.0 Å². The Kier molecular flexibility index (Phi) is 5.01. The number of nitrogens with one attached hydrogen (secondary N) is 1. The van der Waals surface area contributed by atoms with Crippen LogP contribution in [0.25, 0.3) is 0 Å². The van der Waals surface area contributed by atoms with Crippen molar-refractivity contribution in [3.8, 4) is 0 Å². The molecule has 0 spiro atoms. The first kappa shape index (κ1) is 15.6. The first-order valence-electron chi connectivity index (χ1n) is 7.34. The molecule has 1 unspecified atom stereocenters. The molecule has 2 rings (SSSR count). The van der Waals surface area contributed by atoms with Gasteiger partial charge in [0, 0.05) is 11.3 Å². The molecule has 1 saturated carbocycles. The Hall–Kier alpha value is -1.82. The van der Waals surface area contributed by atoms with Crippen molar-refractivity contribution in [3.63, 3.8) is 0 Å². The van der Waals surface area contributed by atoms with Crippen LogP contribution >= 0.6 is 0 Å². The molecular formula is C15H23N3O3. The quantitative estimate of drug-likeness (QED) is 0.413. The van der Waals surface area contributed by atoms with Crippen LogP contribution in [0, 0.1) is 17.3 Å². The molecule has 2 amide bonds. The van der Waals surface area contributed by atoms with Crippen molar-refractivity contribution >= 4 is 12.0 Å². The third-order valence-electron chi connectivity index (χ3n) is 4.71. The number of nitrogens with two attached hydrogens (primary N) is 2. The van der Waals surface area contributed by atoms with E-state index in [2.05, 4.69) is 17.6 Å². The van der Waals surface area contributed by atoms with Gasteiger partial charge < -0.3 is 10.5 Å². The predicted molar refractivity (Wildman–Crippen MR) is 78.6 cm³/mol. The fraction of sp³-hybridized carbons (Fsp3) is 0.600. The van der Waals surface area contributed by atoms with Gasteiger partial charge in [0.15, 0.2) is 0 Å². The minimum Gasteiger partial charge on any atom is -0.449 e. The maximum absolute atomic E-state index is 11.6. The summed E-state index contributed by atoms with van der Waals surface area (Å²) in [6.45, 7) is 0.293. The molecule has 21 heavy (non-hydrogen) atoms. The summed E-state index contributed by atoms with van der Waals surface area (Å²) in [6, 6.07) is 0. The Morgan fingerprint density at radius 2 is 1.95 bits per heavy atom. The van der Waals surface area contributed by atoms with Gasteiger partial charge in [-0.3, -0.25) is 10.2 Å². The number of carbonyl (C=O) groups excluding carboxylic acids is 2. The first-order valence-corrected chi connectivity index (χ1v) is 7.34. The lowest BCUT2D eigenvalue weighted by Gasteiger charge is -2.41. The number of amides is 2. The van der Waals surface area contributed by atoms with Gasteiger partial charge >= 0.3 is 6.09 Å². The smallest absolute Gasteiger partial charge is 0.404 e. The van der Waals surface area contributed by atoms with Gasteiger partial charge in [-0.1, -0.05) is 24.3 Å². The Labute approximate surface area is 124 Å². The third-order valence-corrected chi connectivity index (χ3v) is 4.71. The molecule has 0 radical (unpaired) electrons. The number of allylic oxidation sites excluding steroid dienone is 3. The Bertz CT molecular complexity index is 453. The van der Waals surface area contributed by atoms with Crippen LogP contribution in [0.2, 0.25) is 0 Å². The van der Waals surface area contributed by atoms with Gasteiger partial charge in [-0.15, -0.1) is 0 Å². The maximum atomic E-state index is 11.6. The van der Waals surface area contributed by atoms with E-state index in [1.165, 1.54) is 0 Å². The number of hydrogen-bond acceptors (Lipinski definition) is 4. The molecule has 2 aliphatic rings. The van der Waals surface area contributed by atoms with E-state index in [4.69, 9.17) is 16.3 Å². The lowest BCUT2D eigenvalue weighted by atomic mass is 9.64. The second-order valence-electron chi connectivity index (χ2n) is 5.89. The van der Waals surface area contributed by atoms with Crippen molar-refractivity contribution in [1.29, 1.82) is 0 Å². The third kappa shape index (κ3) is 3.64. The van der Waals surface area contributed by atoms with Crippen molar-refractivity contribution in [1.82, 2.24) is 5.43 Å². The molecule has 0 saturated heterocycles. The fourth-order valence-electron chi connectivity index (χ4n) is 3.46. The molecule has 6 nitrogen and oxygen atoms in total. The summed E-state index contributed by atoms with van der Waals surface area (Å²) in [7, 11) is 0. The highest BCUT2D eigenvalue weighted by atomic mass is 16.5. The van der Waals surface area contributed by atoms with Gasteiger partial charge in [0.05, 0.1) is 0 Å². The van der Waals surface area contributed by atoms with Crippen LogP contribution in [-0.4, -0.2) is 18.6 Å². The molecule has 2 aliphatic carbocycles. The molecule has 6 heteroatoms. The van der Waals surface area contributed by atoms with E-state index in [-0.39, 0.29) is 17.2 Å². The number of rotatable bonds is 4.